The molecule has 0 spiro atoms. The van der Waals surface area contributed by atoms with Crippen LogP contribution in [-0.4, -0.2) is 31.8 Å². The topological polar surface area (TPSA) is 47.6 Å². The molecule has 0 radical (unpaired) electrons. The van der Waals surface area contributed by atoms with Gasteiger partial charge in [0.15, 0.2) is 16.3 Å². The lowest BCUT2D eigenvalue weighted by Crippen LogP contribution is -2.39. The lowest BCUT2D eigenvalue weighted by molar-refractivity contribution is -0.135. The van der Waals surface area contributed by atoms with E-state index in [0.717, 1.165) is 13.1 Å². The van der Waals surface area contributed by atoms with Crippen molar-refractivity contribution in [2.75, 3.05) is 19.7 Å². The Kier molecular flexibility index (Phi) is 3.82. The summed E-state index contributed by atoms with van der Waals surface area (Å²) in [5.41, 5.74) is 0. The quantitative estimate of drug-likeness (QED) is 0.728. The normalized spacial score (nSPS) is 24.6. The van der Waals surface area contributed by atoms with Gasteiger partial charge < -0.3 is 13.9 Å². The summed E-state index contributed by atoms with van der Waals surface area (Å²) in [6.07, 6.45) is 0.270. The highest BCUT2D eigenvalue weighted by atomic mass is 79.9. The highest BCUT2D eigenvalue weighted by molar-refractivity contribution is 9.06. The van der Waals surface area contributed by atoms with E-state index in [-0.39, 0.29) is 12.1 Å². The zero-order valence-corrected chi connectivity index (χ0v) is 7.59. The van der Waals surface area contributed by atoms with E-state index in [2.05, 4.69) is 25.4 Å². The molecule has 4 nitrogen and oxygen atoms in total. The number of halogens is 1. The number of ether oxygens (including phenoxy) is 1. The second-order valence-corrected chi connectivity index (χ2v) is 2.67. The van der Waals surface area contributed by atoms with Gasteiger partial charge in [-0.1, -0.05) is 0 Å². The molecule has 0 bridgehead atoms. The summed E-state index contributed by atoms with van der Waals surface area (Å²) in [4.78, 5) is 10.7. The molecule has 1 N–H and O–H groups in total. The lowest BCUT2D eigenvalue weighted by Gasteiger charge is -2.22. The van der Waals surface area contributed by atoms with Crippen molar-refractivity contribution < 1.29 is 13.4 Å². The first-order valence-electron chi connectivity index (χ1n) is 3.46. The smallest absolute Gasteiger partial charge is 0.319 e. The van der Waals surface area contributed by atoms with Crippen LogP contribution in [0.2, 0.25) is 0 Å². The number of hydrogen-bond acceptors (Lipinski definition) is 4. The van der Waals surface area contributed by atoms with E-state index >= 15 is 0 Å². The minimum Gasteiger partial charge on any atom is -0.383 e. The summed E-state index contributed by atoms with van der Waals surface area (Å²) in [6.45, 7) is 2.25. The zero-order valence-electron chi connectivity index (χ0n) is 6.01. The fourth-order valence-corrected chi connectivity index (χ4v) is 1.10. The molecule has 1 unspecified atom stereocenters. The highest BCUT2D eigenvalue weighted by Crippen LogP contribution is 2.03. The summed E-state index contributed by atoms with van der Waals surface area (Å²) >= 11 is 2.62. The van der Waals surface area contributed by atoms with E-state index in [1.807, 2.05) is 0 Å². The second-order valence-electron chi connectivity index (χ2n) is 2.35. The van der Waals surface area contributed by atoms with Crippen molar-refractivity contribution in [3.63, 3.8) is 0 Å². The molecule has 64 valence electrons. The Labute approximate surface area is 73.7 Å². The molecule has 1 aliphatic heterocycles. The van der Waals surface area contributed by atoms with Crippen LogP contribution in [0.1, 0.15) is 6.42 Å². The predicted octanol–water partition coefficient (Wildman–Crippen LogP) is 0.218. The number of carbonyl (C=O) groups excluding carboxylic acids is 1. The number of carbonyl (C=O) groups is 1. The molecule has 1 aliphatic rings. The molecule has 1 saturated heterocycles. The molecule has 0 aromatic carbocycles. The molecule has 0 aliphatic carbocycles. The highest BCUT2D eigenvalue weighted by Gasteiger charge is 2.17. The van der Waals surface area contributed by atoms with Crippen molar-refractivity contribution in [3.05, 3.63) is 0 Å². The predicted molar refractivity (Wildman–Crippen MR) is 42.2 cm³/mol. The third-order valence-corrected chi connectivity index (χ3v) is 1.85. The average Bonchev–Trinajstić information content (AvgIpc) is 2.06. The number of nitrogens with one attached hydrogen (secondary N) is 1. The van der Waals surface area contributed by atoms with Crippen molar-refractivity contribution in [1.82, 2.24) is 5.32 Å². The monoisotopic (exact) mass is 223 g/mol. The molecule has 0 aromatic rings. The van der Waals surface area contributed by atoms with Crippen LogP contribution in [0.5, 0.6) is 0 Å². The van der Waals surface area contributed by atoms with Gasteiger partial charge in [0, 0.05) is 13.1 Å². The maximum atomic E-state index is 10.7. The minimum atomic E-state index is -0.293. The molecule has 5 heteroatoms. The molecule has 1 atom stereocenters. The molecular formula is C6H10BrNO3. The number of morpholine rings is 1. The van der Waals surface area contributed by atoms with E-state index in [9.17, 15) is 4.79 Å². The average molecular weight is 224 g/mol. The van der Waals surface area contributed by atoms with Crippen LogP contribution in [0.15, 0.2) is 0 Å². The van der Waals surface area contributed by atoms with Gasteiger partial charge in [-0.25, -0.2) is 0 Å². The fraction of sp³-hybridized carbons (Fsp3) is 0.833. The first-order valence-corrected chi connectivity index (χ1v) is 4.11. The van der Waals surface area contributed by atoms with Crippen LogP contribution in [0.3, 0.4) is 0 Å². The second kappa shape index (κ2) is 4.69. The fourth-order valence-electron chi connectivity index (χ4n) is 0.968. The van der Waals surface area contributed by atoms with Crippen LogP contribution in [0.25, 0.3) is 0 Å². The Morgan fingerprint density at radius 3 is 3.18 bits per heavy atom. The van der Waals surface area contributed by atoms with Crippen LogP contribution in [0, 0.1) is 0 Å². The van der Waals surface area contributed by atoms with Crippen molar-refractivity contribution in [2.24, 2.45) is 0 Å². The Morgan fingerprint density at radius 1 is 1.82 bits per heavy atom. The number of hydrogen-bond donors (Lipinski definition) is 1. The zero-order chi connectivity index (χ0) is 8.10. The van der Waals surface area contributed by atoms with Crippen molar-refractivity contribution in [2.45, 2.75) is 12.5 Å². The van der Waals surface area contributed by atoms with Crippen LogP contribution in [0.4, 0.5) is 0 Å². The molecule has 0 amide bonds. The lowest BCUT2D eigenvalue weighted by atomic mass is 10.2. The van der Waals surface area contributed by atoms with Gasteiger partial charge in [-0.05, 0) is 0 Å². The van der Waals surface area contributed by atoms with E-state index in [0.29, 0.717) is 13.0 Å². The summed E-state index contributed by atoms with van der Waals surface area (Å²) in [7, 11) is 0. The Morgan fingerprint density at radius 2 is 2.64 bits per heavy atom. The SMILES string of the molecule is O=C(CC1CNCCO1)OBr. The van der Waals surface area contributed by atoms with Gasteiger partial charge in [0.05, 0.1) is 19.1 Å². The van der Waals surface area contributed by atoms with E-state index in [1.54, 1.807) is 0 Å². The van der Waals surface area contributed by atoms with Gasteiger partial charge >= 0.3 is 5.97 Å². The van der Waals surface area contributed by atoms with Crippen LogP contribution >= 0.6 is 16.3 Å². The summed E-state index contributed by atoms with van der Waals surface area (Å²) in [6, 6.07) is 0. The van der Waals surface area contributed by atoms with E-state index in [1.165, 1.54) is 0 Å². The summed E-state index contributed by atoms with van der Waals surface area (Å²) in [5, 5.41) is 3.12. The van der Waals surface area contributed by atoms with Gasteiger partial charge in [-0.15, -0.1) is 0 Å². The van der Waals surface area contributed by atoms with E-state index < -0.39 is 0 Å². The van der Waals surface area contributed by atoms with Crippen LogP contribution < -0.4 is 5.32 Å². The molecule has 1 rings (SSSR count). The molecule has 11 heavy (non-hydrogen) atoms. The van der Waals surface area contributed by atoms with Gasteiger partial charge in [0.2, 0.25) is 0 Å². The third kappa shape index (κ3) is 3.18. The van der Waals surface area contributed by atoms with Gasteiger partial charge in [0.25, 0.3) is 0 Å². The van der Waals surface area contributed by atoms with Crippen molar-refractivity contribution in [3.8, 4) is 0 Å². The van der Waals surface area contributed by atoms with Gasteiger partial charge in [0.1, 0.15) is 0 Å². The Balaban J connectivity index is 2.19. The van der Waals surface area contributed by atoms with Gasteiger partial charge in [-0.3, -0.25) is 4.79 Å². The molecular weight excluding hydrogens is 214 g/mol. The standard InChI is InChI=1S/C6H10BrNO3/c7-11-6(9)3-5-4-8-1-2-10-5/h5,8H,1-4H2. The first kappa shape index (κ1) is 8.96. The minimum absolute atomic E-state index is 0.0335. The molecule has 1 heterocycles. The maximum Gasteiger partial charge on any atom is 0.319 e. The van der Waals surface area contributed by atoms with E-state index in [4.69, 9.17) is 4.74 Å². The van der Waals surface area contributed by atoms with Crippen molar-refractivity contribution >= 4 is 22.2 Å². The largest absolute Gasteiger partial charge is 0.383 e. The first-order chi connectivity index (χ1) is 5.33. The summed E-state index contributed by atoms with van der Waals surface area (Å²) in [5.74, 6) is -0.293. The Bertz CT molecular complexity index is 136. The summed E-state index contributed by atoms with van der Waals surface area (Å²) < 4.78 is 9.58. The maximum absolute atomic E-state index is 10.7. The third-order valence-electron chi connectivity index (χ3n) is 1.48. The molecule has 0 aromatic heterocycles. The molecule has 1 fully saturated rings. The Hall–Kier alpha value is -0.130. The molecule has 0 saturated carbocycles. The van der Waals surface area contributed by atoms with Crippen LogP contribution in [-0.2, 0) is 13.4 Å². The van der Waals surface area contributed by atoms with Crippen molar-refractivity contribution in [1.29, 1.82) is 0 Å². The van der Waals surface area contributed by atoms with Gasteiger partial charge in [-0.2, -0.15) is 0 Å². The number of rotatable bonds is 2.